The monoisotopic (exact) mass is 225 g/mol. The smallest absolute Gasteiger partial charge is 0.155 e. The summed E-state index contributed by atoms with van der Waals surface area (Å²) < 4.78 is 0. The van der Waals surface area contributed by atoms with E-state index in [1.54, 1.807) is 12.1 Å². The van der Waals surface area contributed by atoms with Gasteiger partial charge >= 0.3 is 0 Å². The van der Waals surface area contributed by atoms with Gasteiger partial charge in [-0.1, -0.05) is 31.4 Å². The van der Waals surface area contributed by atoms with Crippen LogP contribution >= 0.6 is 0 Å². The average Bonchev–Trinajstić information content (AvgIpc) is 2.17. The molecular formula is C12H21N2O2+. The molecule has 16 heavy (non-hydrogen) atoms. The molecule has 0 saturated heterocycles. The summed E-state index contributed by atoms with van der Waals surface area (Å²) in [5, 5.41) is 19.3. The van der Waals surface area contributed by atoms with E-state index in [1.807, 2.05) is 19.1 Å². The van der Waals surface area contributed by atoms with Gasteiger partial charge in [0.05, 0.1) is 4.92 Å². The Kier molecular flexibility index (Phi) is 4.44. The highest BCUT2D eigenvalue weighted by molar-refractivity contribution is 5.40. The first-order valence-corrected chi connectivity index (χ1v) is 5.65. The van der Waals surface area contributed by atoms with Crippen molar-refractivity contribution >= 4 is 5.69 Å². The largest absolute Gasteiger partial charge is 0.221 e. The summed E-state index contributed by atoms with van der Waals surface area (Å²) in [5.74, 6) is 0.599. The molecule has 1 aromatic carbocycles. The van der Waals surface area contributed by atoms with Crippen LogP contribution in [0.5, 0.6) is 0 Å². The predicted octanol–water partition coefficient (Wildman–Crippen LogP) is 2.50. The van der Waals surface area contributed by atoms with Crippen molar-refractivity contribution < 1.29 is 10.4 Å². The zero-order valence-electron chi connectivity index (χ0n) is 10.1. The fourth-order valence-electron chi connectivity index (χ4n) is 1.62. The van der Waals surface area contributed by atoms with Gasteiger partial charge in [-0.15, -0.1) is 0 Å². The molecule has 0 amide bonds. The molecule has 0 aliphatic carbocycles. The molecule has 1 rings (SSSR count). The topological polar surface area (TPSA) is 52.5 Å². The lowest BCUT2D eigenvalue weighted by molar-refractivity contribution is -0.324. The lowest BCUT2D eigenvalue weighted by Crippen LogP contribution is -2.54. The maximum atomic E-state index is 9.64. The Morgan fingerprint density at radius 1 is 1.19 bits per heavy atom. The van der Waals surface area contributed by atoms with Crippen LogP contribution in [0.25, 0.3) is 0 Å². The van der Waals surface area contributed by atoms with Gasteiger partial charge in [-0.2, -0.15) is 10.4 Å². The van der Waals surface area contributed by atoms with Crippen molar-refractivity contribution in [3.8, 4) is 0 Å². The normalized spacial score (nSPS) is 12.1. The van der Waals surface area contributed by atoms with Crippen LogP contribution in [0.1, 0.15) is 26.3 Å². The molecule has 0 saturated carbocycles. The summed E-state index contributed by atoms with van der Waals surface area (Å²) in [6.45, 7) is 6.60. The van der Waals surface area contributed by atoms with Gasteiger partial charge in [0.25, 0.3) is 0 Å². The number of nitrogens with one attached hydrogen (secondary N) is 1. The van der Waals surface area contributed by atoms with Crippen molar-refractivity contribution in [3.05, 3.63) is 29.8 Å². The Morgan fingerprint density at radius 3 is 2.19 bits per heavy atom. The lowest BCUT2D eigenvalue weighted by atomic mass is 10.0. The first-order valence-electron chi connectivity index (χ1n) is 5.65. The molecule has 90 valence electrons. The number of hydrogen-bond acceptors (Lipinski definition) is 3. The summed E-state index contributed by atoms with van der Waals surface area (Å²) in [6, 6.07) is 7.29. The number of rotatable bonds is 5. The molecule has 0 aromatic heterocycles. The molecule has 0 fully saturated rings. The van der Waals surface area contributed by atoms with Crippen LogP contribution in [0.15, 0.2) is 24.3 Å². The first kappa shape index (κ1) is 13.1. The Balaban J connectivity index is 2.78. The van der Waals surface area contributed by atoms with Gasteiger partial charge in [0.1, 0.15) is 0 Å². The summed E-state index contributed by atoms with van der Waals surface area (Å²) in [6.07, 6.45) is 0.998. The van der Waals surface area contributed by atoms with Crippen LogP contribution in [0.3, 0.4) is 0 Å². The minimum absolute atomic E-state index is 0.411. The Bertz CT molecular complexity index is 320. The summed E-state index contributed by atoms with van der Waals surface area (Å²) in [7, 11) is 0. The van der Waals surface area contributed by atoms with Gasteiger partial charge in [0.2, 0.25) is 5.69 Å². The molecule has 4 nitrogen and oxygen atoms in total. The molecule has 1 aromatic rings. The fourth-order valence-corrected chi connectivity index (χ4v) is 1.62. The quantitative estimate of drug-likeness (QED) is 0.533. The van der Waals surface area contributed by atoms with E-state index in [4.69, 9.17) is 0 Å². The molecule has 0 aliphatic rings. The molecule has 0 spiro atoms. The number of benzene rings is 1. The van der Waals surface area contributed by atoms with Gasteiger partial charge in [0, 0.05) is 18.7 Å². The Labute approximate surface area is 96.6 Å². The van der Waals surface area contributed by atoms with Gasteiger partial charge in [0.15, 0.2) is 0 Å². The molecular weight excluding hydrogens is 204 g/mol. The molecule has 3 N–H and O–H groups in total. The van der Waals surface area contributed by atoms with E-state index in [0.29, 0.717) is 18.2 Å². The zero-order valence-corrected chi connectivity index (χ0v) is 10.1. The number of hydrogen-bond donors (Lipinski definition) is 3. The second-order valence-corrected chi connectivity index (χ2v) is 4.38. The van der Waals surface area contributed by atoms with E-state index in [2.05, 4.69) is 19.3 Å². The second kappa shape index (κ2) is 5.41. The van der Waals surface area contributed by atoms with E-state index in [0.717, 1.165) is 6.42 Å². The van der Waals surface area contributed by atoms with Crippen molar-refractivity contribution in [2.45, 2.75) is 27.2 Å². The van der Waals surface area contributed by atoms with Crippen molar-refractivity contribution in [2.24, 2.45) is 5.92 Å². The maximum Gasteiger partial charge on any atom is 0.221 e. The molecule has 4 heteroatoms. The van der Waals surface area contributed by atoms with Crippen LogP contribution in [-0.4, -0.2) is 17.0 Å². The highest BCUT2D eigenvalue weighted by Gasteiger charge is 2.25. The van der Waals surface area contributed by atoms with E-state index in [-0.39, 0.29) is 0 Å². The Morgan fingerprint density at radius 2 is 1.75 bits per heavy atom. The van der Waals surface area contributed by atoms with Crippen molar-refractivity contribution in [2.75, 3.05) is 6.54 Å². The molecule has 0 heterocycles. The van der Waals surface area contributed by atoms with Gasteiger partial charge in [-0.3, -0.25) is 0 Å². The summed E-state index contributed by atoms with van der Waals surface area (Å²) >= 11 is 0. The van der Waals surface area contributed by atoms with E-state index in [9.17, 15) is 10.4 Å². The van der Waals surface area contributed by atoms with Crippen LogP contribution in [0.2, 0.25) is 0 Å². The first-order chi connectivity index (χ1) is 7.45. The van der Waals surface area contributed by atoms with Crippen LogP contribution in [-0.2, 0) is 6.42 Å². The second-order valence-electron chi connectivity index (χ2n) is 4.38. The minimum atomic E-state index is -1.27. The molecule has 0 radical (unpaired) electrons. The minimum Gasteiger partial charge on any atom is -0.155 e. The number of quaternary nitrogens is 1. The zero-order chi connectivity index (χ0) is 12.2. The van der Waals surface area contributed by atoms with Crippen LogP contribution < -0.4 is 10.3 Å². The highest BCUT2D eigenvalue weighted by atomic mass is 16.9. The van der Waals surface area contributed by atoms with Gasteiger partial charge in [-0.25, -0.2) is 0 Å². The number of nitrogens with zero attached hydrogens (tertiary/aromatic N) is 1. The molecule has 0 aliphatic heterocycles. The highest BCUT2D eigenvalue weighted by Crippen LogP contribution is 2.18. The molecule has 0 bridgehead atoms. The molecule has 0 atom stereocenters. The van der Waals surface area contributed by atoms with Crippen molar-refractivity contribution in [1.82, 2.24) is 10.3 Å². The van der Waals surface area contributed by atoms with E-state index < -0.39 is 4.92 Å². The third-order valence-corrected chi connectivity index (χ3v) is 2.32. The SMILES string of the molecule is CCN[N+](O)(O)c1ccc(CC(C)C)cc1. The third-order valence-electron chi connectivity index (χ3n) is 2.32. The average molecular weight is 225 g/mol. The summed E-state index contributed by atoms with van der Waals surface area (Å²) in [4.78, 5) is -1.27. The van der Waals surface area contributed by atoms with Crippen molar-refractivity contribution in [3.63, 3.8) is 0 Å². The Hall–Kier alpha value is -0.940. The van der Waals surface area contributed by atoms with Gasteiger partial charge < -0.3 is 0 Å². The van der Waals surface area contributed by atoms with Crippen molar-refractivity contribution in [1.29, 1.82) is 0 Å². The van der Waals surface area contributed by atoms with E-state index >= 15 is 0 Å². The third kappa shape index (κ3) is 3.57. The predicted molar refractivity (Wildman–Crippen MR) is 64.0 cm³/mol. The van der Waals surface area contributed by atoms with Gasteiger partial charge in [-0.05, 0) is 24.8 Å². The lowest BCUT2D eigenvalue weighted by Gasteiger charge is -2.19. The maximum absolute atomic E-state index is 9.64. The van der Waals surface area contributed by atoms with Crippen LogP contribution in [0.4, 0.5) is 5.69 Å². The summed E-state index contributed by atoms with van der Waals surface area (Å²) in [5.41, 5.74) is 4.16. The van der Waals surface area contributed by atoms with E-state index in [1.165, 1.54) is 5.56 Å². The standard InChI is InChI=1S/C12H21N2O2/c1-4-13-14(15,16)12-7-5-11(6-8-12)9-10(2)3/h5-8,10,13,15-16H,4,9H2,1-3H3/q+1. The molecule has 0 unspecified atom stereocenters. The van der Waals surface area contributed by atoms with Crippen LogP contribution in [0, 0.1) is 5.92 Å². The fraction of sp³-hybridized carbons (Fsp3) is 0.500.